The number of fused-ring (bicyclic) bond motifs is 1. The fraction of sp³-hybridized carbons (Fsp3) is 0.320. The minimum atomic E-state index is -3.47. The molecule has 0 spiro atoms. The van der Waals surface area contributed by atoms with Gasteiger partial charge in [0.05, 0.1) is 37.0 Å². The second kappa shape index (κ2) is 10.6. The zero-order valence-electron chi connectivity index (χ0n) is 20.2. The van der Waals surface area contributed by atoms with Crippen LogP contribution < -0.4 is 0 Å². The number of rotatable bonds is 9. The molecule has 1 unspecified atom stereocenters. The van der Waals surface area contributed by atoms with Crippen LogP contribution in [0.25, 0.3) is 10.8 Å². The van der Waals surface area contributed by atoms with Crippen molar-refractivity contribution in [1.29, 1.82) is 0 Å². The summed E-state index contributed by atoms with van der Waals surface area (Å²) in [7, 11) is -1.65. The monoisotopic (exact) mass is 543 g/mol. The van der Waals surface area contributed by atoms with E-state index in [1.54, 1.807) is 16.9 Å². The van der Waals surface area contributed by atoms with Gasteiger partial charge in [-0.15, -0.1) is 5.10 Å². The summed E-state index contributed by atoms with van der Waals surface area (Å²) in [6.45, 7) is 1.38. The maximum Gasteiger partial charge on any atom is 0.374 e. The van der Waals surface area contributed by atoms with Crippen LogP contribution in [0.1, 0.15) is 21.8 Å². The van der Waals surface area contributed by atoms with Gasteiger partial charge in [-0.1, -0.05) is 59.3 Å². The Bertz CT molecular complexity index is 1520. The van der Waals surface area contributed by atoms with Gasteiger partial charge in [-0.25, -0.2) is 17.9 Å². The molecule has 0 amide bonds. The van der Waals surface area contributed by atoms with Crippen LogP contribution in [0.2, 0.25) is 5.02 Å². The molecule has 37 heavy (non-hydrogen) atoms. The molecule has 0 aliphatic carbocycles. The Labute approximate surface area is 219 Å². The number of hydrogen-bond acceptors (Lipinski definition) is 8. The van der Waals surface area contributed by atoms with Crippen molar-refractivity contribution in [2.24, 2.45) is 0 Å². The van der Waals surface area contributed by atoms with Crippen LogP contribution in [0.15, 0.2) is 65.4 Å². The minimum absolute atomic E-state index is 0.0198. The molecule has 1 aliphatic heterocycles. The highest BCUT2D eigenvalue weighted by atomic mass is 35.5. The third-order valence-corrected chi connectivity index (χ3v) is 8.66. The standard InChI is InChI=1S/C25H26ClN5O5S/c1-29(10-11-35-25(32)24-22-8-4-2-7-19(22)16-36-24)21-15-31(37(33,34)17-21)14-20-13-30(28-27-20)12-18-6-3-5-9-23(18)26/h2-9,13,16,21H,10-12,14-15,17H2,1H3. The molecular weight excluding hydrogens is 518 g/mol. The largest absolute Gasteiger partial charge is 0.458 e. The predicted octanol–water partition coefficient (Wildman–Crippen LogP) is 3.03. The summed E-state index contributed by atoms with van der Waals surface area (Å²) < 4.78 is 39.5. The first-order chi connectivity index (χ1) is 17.8. The van der Waals surface area contributed by atoms with Crippen molar-refractivity contribution in [3.63, 3.8) is 0 Å². The Morgan fingerprint density at radius 1 is 1.19 bits per heavy atom. The third-order valence-electron chi connectivity index (χ3n) is 6.42. The molecule has 5 rings (SSSR count). The fourth-order valence-corrected chi connectivity index (χ4v) is 6.31. The van der Waals surface area contributed by atoms with Gasteiger partial charge in [-0.3, -0.25) is 4.90 Å². The summed E-state index contributed by atoms with van der Waals surface area (Å²) in [6.07, 6.45) is 3.25. The maximum absolute atomic E-state index is 12.8. The molecule has 1 aliphatic rings. The number of halogens is 1. The molecule has 1 fully saturated rings. The van der Waals surface area contributed by atoms with E-state index in [2.05, 4.69) is 10.3 Å². The quantitative estimate of drug-likeness (QED) is 0.296. The Balaban J connectivity index is 1.14. The van der Waals surface area contributed by atoms with Crippen molar-refractivity contribution in [2.45, 2.75) is 19.1 Å². The van der Waals surface area contributed by atoms with Gasteiger partial charge in [-0.05, 0) is 18.7 Å². The third kappa shape index (κ3) is 5.69. The lowest BCUT2D eigenvalue weighted by Gasteiger charge is -2.22. The van der Waals surface area contributed by atoms with Crippen molar-refractivity contribution < 1.29 is 22.4 Å². The highest BCUT2D eigenvalue weighted by Crippen LogP contribution is 2.23. The second-order valence-electron chi connectivity index (χ2n) is 8.99. The number of carbonyl (C=O) groups is 1. The average Bonchev–Trinajstić information content (AvgIpc) is 3.58. The van der Waals surface area contributed by atoms with Crippen LogP contribution in [0, 0.1) is 0 Å². The zero-order chi connectivity index (χ0) is 26.0. The summed E-state index contributed by atoms with van der Waals surface area (Å²) in [5.74, 6) is -0.404. The van der Waals surface area contributed by atoms with Crippen molar-refractivity contribution >= 4 is 38.4 Å². The van der Waals surface area contributed by atoms with E-state index >= 15 is 0 Å². The number of benzene rings is 2. The van der Waals surface area contributed by atoms with Crippen LogP contribution in [0.4, 0.5) is 0 Å². The minimum Gasteiger partial charge on any atom is -0.458 e. The lowest BCUT2D eigenvalue weighted by Crippen LogP contribution is -2.38. The fourth-order valence-electron chi connectivity index (χ4n) is 4.33. The van der Waals surface area contributed by atoms with Gasteiger partial charge in [0.2, 0.25) is 15.8 Å². The normalized spacial score (nSPS) is 17.5. The van der Waals surface area contributed by atoms with E-state index in [0.29, 0.717) is 35.7 Å². The number of nitrogens with zero attached hydrogens (tertiary/aromatic N) is 5. The molecule has 10 nitrogen and oxygen atoms in total. The molecule has 0 bridgehead atoms. The summed E-state index contributed by atoms with van der Waals surface area (Å²) >= 11 is 6.22. The van der Waals surface area contributed by atoms with E-state index in [9.17, 15) is 13.2 Å². The van der Waals surface area contributed by atoms with Gasteiger partial charge in [-0.2, -0.15) is 4.31 Å². The maximum atomic E-state index is 12.8. The van der Waals surface area contributed by atoms with Gasteiger partial charge in [0.25, 0.3) is 0 Å². The SMILES string of the molecule is CN(CCOC(=O)c1occ2ccccc12)C1CN(Cc2cn(Cc3ccccc3Cl)nn2)S(=O)(=O)C1. The highest BCUT2D eigenvalue weighted by Gasteiger charge is 2.38. The predicted molar refractivity (Wildman–Crippen MR) is 138 cm³/mol. The van der Waals surface area contributed by atoms with Crippen LogP contribution in [-0.2, 0) is 27.8 Å². The van der Waals surface area contributed by atoms with Crippen LogP contribution >= 0.6 is 11.6 Å². The second-order valence-corrected chi connectivity index (χ2v) is 11.4. The first-order valence-electron chi connectivity index (χ1n) is 11.7. The smallest absolute Gasteiger partial charge is 0.374 e. The van der Waals surface area contributed by atoms with Crippen LogP contribution in [0.5, 0.6) is 0 Å². The Morgan fingerprint density at radius 2 is 1.97 bits per heavy atom. The van der Waals surface area contributed by atoms with Crippen molar-refractivity contribution in [2.75, 3.05) is 32.5 Å². The van der Waals surface area contributed by atoms with Crippen molar-refractivity contribution in [3.05, 3.63) is 83.0 Å². The molecule has 0 N–H and O–H groups in total. The zero-order valence-corrected chi connectivity index (χ0v) is 21.7. The number of likely N-dealkylation sites (N-methyl/N-ethyl adjacent to an activating group) is 1. The molecule has 2 aromatic heterocycles. The molecule has 1 saturated heterocycles. The molecule has 2 aromatic carbocycles. The van der Waals surface area contributed by atoms with E-state index < -0.39 is 16.0 Å². The van der Waals surface area contributed by atoms with E-state index in [1.165, 1.54) is 10.6 Å². The number of ether oxygens (including phenoxy) is 1. The molecule has 0 saturated carbocycles. The molecule has 1 atom stereocenters. The molecule has 12 heteroatoms. The van der Waals surface area contributed by atoms with Gasteiger partial charge < -0.3 is 9.15 Å². The van der Waals surface area contributed by atoms with Crippen LogP contribution in [-0.4, -0.2) is 77.1 Å². The molecule has 4 aromatic rings. The number of furan rings is 1. The number of esters is 1. The van der Waals surface area contributed by atoms with Crippen molar-refractivity contribution in [3.8, 4) is 0 Å². The Morgan fingerprint density at radius 3 is 2.81 bits per heavy atom. The molecule has 0 radical (unpaired) electrons. The van der Waals surface area contributed by atoms with E-state index in [0.717, 1.165) is 10.9 Å². The highest BCUT2D eigenvalue weighted by molar-refractivity contribution is 7.89. The van der Waals surface area contributed by atoms with Gasteiger partial charge in [0, 0.05) is 34.9 Å². The molecular formula is C25H26ClN5O5S. The van der Waals surface area contributed by atoms with Gasteiger partial charge in [0.1, 0.15) is 6.61 Å². The van der Waals surface area contributed by atoms with E-state index in [4.69, 9.17) is 20.8 Å². The van der Waals surface area contributed by atoms with Crippen molar-refractivity contribution in [1.82, 2.24) is 24.2 Å². The lowest BCUT2D eigenvalue weighted by molar-refractivity contribution is 0.0425. The summed E-state index contributed by atoms with van der Waals surface area (Å²) in [4.78, 5) is 14.3. The summed E-state index contributed by atoms with van der Waals surface area (Å²) in [5, 5.41) is 10.4. The van der Waals surface area contributed by atoms with E-state index in [-0.39, 0.29) is 30.7 Å². The first kappa shape index (κ1) is 25.4. The number of hydrogen-bond donors (Lipinski definition) is 0. The summed E-state index contributed by atoms with van der Waals surface area (Å²) in [5.41, 5.74) is 1.45. The Hall–Kier alpha value is -3.25. The van der Waals surface area contributed by atoms with Crippen LogP contribution in [0.3, 0.4) is 0 Å². The first-order valence-corrected chi connectivity index (χ1v) is 13.7. The lowest BCUT2D eigenvalue weighted by atomic mass is 10.2. The number of carbonyl (C=O) groups excluding carboxylic acids is 1. The Kier molecular flexibility index (Phi) is 7.29. The topological polar surface area (TPSA) is 111 Å². The van der Waals surface area contributed by atoms with Gasteiger partial charge in [0.15, 0.2) is 0 Å². The average molecular weight is 544 g/mol. The number of aromatic nitrogens is 3. The van der Waals surface area contributed by atoms with E-state index in [1.807, 2.05) is 54.4 Å². The number of sulfonamides is 1. The molecule has 3 heterocycles. The van der Waals surface area contributed by atoms with Gasteiger partial charge >= 0.3 is 5.97 Å². The molecule has 194 valence electrons. The summed E-state index contributed by atoms with van der Waals surface area (Å²) in [6, 6.07) is 14.6.